The number of hydrogen-bond acceptors (Lipinski definition) is 9. The van der Waals surface area contributed by atoms with Crippen molar-refractivity contribution in [2.24, 2.45) is 0 Å². The minimum absolute atomic E-state index is 0.0739. The minimum atomic E-state index is -1.80. The van der Waals surface area contributed by atoms with Crippen LogP contribution in [0, 0.1) is 20.2 Å². The molecule has 23 heavy (non-hydrogen) atoms. The molecule has 0 fully saturated rings. The molecular weight excluding hydrogens is 314 g/mol. The van der Waals surface area contributed by atoms with Gasteiger partial charge < -0.3 is 9.47 Å². The maximum atomic E-state index is 11.9. The number of carbonyl (C=O) groups is 2. The zero-order chi connectivity index (χ0) is 17.6. The monoisotopic (exact) mass is 327 g/mol. The van der Waals surface area contributed by atoms with Crippen LogP contribution in [0.1, 0.15) is 25.5 Å². The van der Waals surface area contributed by atoms with Gasteiger partial charge in [-0.1, -0.05) is 0 Å². The molecule has 0 saturated heterocycles. The molecule has 0 amide bonds. The summed E-state index contributed by atoms with van der Waals surface area (Å²) < 4.78 is 9.40. The second-order valence-electron chi connectivity index (χ2n) is 4.05. The Morgan fingerprint density at radius 2 is 1.65 bits per heavy atom. The summed E-state index contributed by atoms with van der Waals surface area (Å²) in [5.41, 5.74) is -2.06. The van der Waals surface area contributed by atoms with Crippen molar-refractivity contribution in [3.8, 4) is 0 Å². The largest absolute Gasteiger partial charge is 0.465 e. The molecule has 0 N–H and O–H groups in total. The van der Waals surface area contributed by atoms with Gasteiger partial charge in [-0.3, -0.25) is 29.8 Å². The number of aromatic nitrogens is 1. The van der Waals surface area contributed by atoms with Crippen molar-refractivity contribution in [3.63, 3.8) is 0 Å². The molecule has 1 rings (SSSR count). The van der Waals surface area contributed by atoms with E-state index in [0.717, 1.165) is 0 Å². The summed E-state index contributed by atoms with van der Waals surface area (Å²) >= 11 is 0. The summed E-state index contributed by atoms with van der Waals surface area (Å²) in [6, 6.07) is 0.619. The lowest BCUT2D eigenvalue weighted by molar-refractivity contribution is -0.395. The first kappa shape index (κ1) is 17.9. The van der Waals surface area contributed by atoms with Gasteiger partial charge in [-0.2, -0.15) is 0 Å². The number of nitro groups is 2. The molecule has 0 atom stereocenters. The number of hydrogen-bond donors (Lipinski definition) is 0. The highest BCUT2D eigenvalue weighted by Crippen LogP contribution is 2.30. The maximum absolute atomic E-state index is 11.9. The van der Waals surface area contributed by atoms with Gasteiger partial charge in [0.2, 0.25) is 5.92 Å². The molecule has 0 spiro atoms. The fourth-order valence-corrected chi connectivity index (χ4v) is 1.69. The first-order chi connectivity index (χ1) is 10.8. The van der Waals surface area contributed by atoms with E-state index in [1.54, 1.807) is 0 Å². The van der Waals surface area contributed by atoms with Crippen molar-refractivity contribution in [2.45, 2.75) is 19.8 Å². The first-order valence-electron chi connectivity index (χ1n) is 6.45. The summed E-state index contributed by atoms with van der Waals surface area (Å²) in [6.07, 6.45) is 0.716. The number of nitrogens with zero attached hydrogens (tertiary/aromatic N) is 3. The van der Waals surface area contributed by atoms with Crippen molar-refractivity contribution >= 4 is 23.3 Å². The normalized spacial score (nSPS) is 10.2. The molecule has 0 aliphatic rings. The van der Waals surface area contributed by atoms with Gasteiger partial charge in [0.25, 0.3) is 11.4 Å². The van der Waals surface area contributed by atoms with Crippen molar-refractivity contribution in [1.82, 2.24) is 4.98 Å². The lowest BCUT2D eigenvalue weighted by Gasteiger charge is -2.13. The highest BCUT2D eigenvalue weighted by atomic mass is 16.6. The van der Waals surface area contributed by atoms with Crippen LogP contribution in [0.15, 0.2) is 12.3 Å². The van der Waals surface area contributed by atoms with Gasteiger partial charge in [0, 0.05) is 0 Å². The molecule has 0 aliphatic heterocycles. The van der Waals surface area contributed by atoms with E-state index in [9.17, 15) is 29.8 Å². The Balaban J connectivity index is 3.45. The second-order valence-corrected chi connectivity index (χ2v) is 4.05. The Morgan fingerprint density at radius 3 is 2.04 bits per heavy atom. The molecule has 11 nitrogen and oxygen atoms in total. The van der Waals surface area contributed by atoms with Gasteiger partial charge >= 0.3 is 11.9 Å². The Bertz CT molecular complexity index is 627. The zero-order valence-electron chi connectivity index (χ0n) is 12.3. The molecule has 0 unspecified atom stereocenters. The predicted molar refractivity (Wildman–Crippen MR) is 73.6 cm³/mol. The van der Waals surface area contributed by atoms with E-state index in [4.69, 9.17) is 9.47 Å². The van der Waals surface area contributed by atoms with Crippen molar-refractivity contribution in [2.75, 3.05) is 13.2 Å². The van der Waals surface area contributed by atoms with Gasteiger partial charge in [0.05, 0.1) is 29.1 Å². The third-order valence-electron chi connectivity index (χ3n) is 2.61. The Kier molecular flexibility index (Phi) is 6.06. The summed E-state index contributed by atoms with van der Waals surface area (Å²) in [7, 11) is 0. The highest BCUT2D eigenvalue weighted by molar-refractivity contribution is 6.01. The average Bonchev–Trinajstić information content (AvgIpc) is 2.47. The van der Waals surface area contributed by atoms with E-state index in [1.807, 2.05) is 0 Å². The molecule has 1 aromatic rings. The van der Waals surface area contributed by atoms with E-state index in [-0.39, 0.29) is 13.2 Å². The molecule has 1 heterocycles. The van der Waals surface area contributed by atoms with Crippen LogP contribution in [0.2, 0.25) is 0 Å². The number of esters is 2. The molecular formula is C12H13N3O8. The van der Waals surface area contributed by atoms with Crippen LogP contribution in [0.3, 0.4) is 0 Å². The van der Waals surface area contributed by atoms with Gasteiger partial charge in [0.15, 0.2) is 0 Å². The standard InChI is InChI=1S/C12H13N3O8/c1-3-22-11(16)9(12(17)23-4-2)10-8(15(20)21)5-7(6-13-10)14(18)19/h5-6,9H,3-4H2,1-2H3. The van der Waals surface area contributed by atoms with Gasteiger partial charge in [-0.05, 0) is 13.8 Å². The third-order valence-corrected chi connectivity index (χ3v) is 2.61. The lowest BCUT2D eigenvalue weighted by Crippen LogP contribution is -2.27. The molecule has 124 valence electrons. The Hall–Kier alpha value is -3.11. The van der Waals surface area contributed by atoms with E-state index in [0.29, 0.717) is 12.3 Å². The van der Waals surface area contributed by atoms with Crippen LogP contribution in [-0.4, -0.2) is 40.0 Å². The number of ether oxygens (including phenoxy) is 2. The molecule has 0 aliphatic carbocycles. The van der Waals surface area contributed by atoms with Crippen LogP contribution in [-0.2, 0) is 19.1 Å². The van der Waals surface area contributed by atoms with Crippen molar-refractivity contribution in [1.29, 1.82) is 0 Å². The van der Waals surface area contributed by atoms with Gasteiger partial charge in [0.1, 0.15) is 11.9 Å². The lowest BCUT2D eigenvalue weighted by atomic mass is 10.0. The fraction of sp³-hybridized carbons (Fsp3) is 0.417. The van der Waals surface area contributed by atoms with Crippen molar-refractivity contribution in [3.05, 3.63) is 38.2 Å². The molecule has 0 saturated carbocycles. The number of pyridine rings is 1. The Morgan fingerprint density at radius 1 is 1.13 bits per heavy atom. The first-order valence-corrected chi connectivity index (χ1v) is 6.45. The van der Waals surface area contributed by atoms with Crippen LogP contribution < -0.4 is 0 Å². The SMILES string of the molecule is CCOC(=O)C(C(=O)OCC)c1ncc([N+](=O)[O-])cc1[N+](=O)[O-]. The zero-order valence-corrected chi connectivity index (χ0v) is 12.3. The number of rotatable bonds is 7. The van der Waals surface area contributed by atoms with Crippen LogP contribution in [0.5, 0.6) is 0 Å². The molecule has 11 heteroatoms. The summed E-state index contributed by atoms with van der Waals surface area (Å²) in [6.45, 7) is 2.82. The molecule has 0 radical (unpaired) electrons. The van der Waals surface area contributed by atoms with E-state index in [1.165, 1.54) is 13.8 Å². The highest BCUT2D eigenvalue weighted by Gasteiger charge is 2.39. The predicted octanol–water partition coefficient (Wildman–Crippen LogP) is 1.11. The van der Waals surface area contributed by atoms with Crippen LogP contribution in [0.4, 0.5) is 11.4 Å². The van der Waals surface area contributed by atoms with Crippen molar-refractivity contribution < 1.29 is 28.9 Å². The third kappa shape index (κ3) is 4.18. The quantitative estimate of drug-likeness (QED) is 0.310. The molecule has 0 aromatic carbocycles. The fourth-order valence-electron chi connectivity index (χ4n) is 1.69. The minimum Gasteiger partial charge on any atom is -0.465 e. The molecule has 0 bridgehead atoms. The summed E-state index contributed by atoms with van der Waals surface area (Å²) in [5, 5.41) is 21.8. The smallest absolute Gasteiger partial charge is 0.326 e. The van der Waals surface area contributed by atoms with E-state index < -0.39 is 44.8 Å². The average molecular weight is 327 g/mol. The van der Waals surface area contributed by atoms with E-state index in [2.05, 4.69) is 4.98 Å². The second kappa shape index (κ2) is 7.77. The molecule has 1 aromatic heterocycles. The summed E-state index contributed by atoms with van der Waals surface area (Å²) in [5.74, 6) is -3.97. The topological polar surface area (TPSA) is 152 Å². The van der Waals surface area contributed by atoms with Gasteiger partial charge in [-0.15, -0.1) is 0 Å². The summed E-state index contributed by atoms with van der Waals surface area (Å²) in [4.78, 5) is 47.3. The van der Waals surface area contributed by atoms with Crippen LogP contribution in [0.25, 0.3) is 0 Å². The van der Waals surface area contributed by atoms with E-state index >= 15 is 0 Å². The Labute approximate surface area is 129 Å². The van der Waals surface area contributed by atoms with Crippen LogP contribution >= 0.6 is 0 Å². The number of carbonyl (C=O) groups excluding carboxylic acids is 2. The van der Waals surface area contributed by atoms with Gasteiger partial charge in [-0.25, -0.2) is 4.98 Å². The maximum Gasteiger partial charge on any atom is 0.326 e.